The lowest BCUT2D eigenvalue weighted by Crippen LogP contribution is -2.29. The number of carbonyl (C=O) groups is 1. The number of nitrogens with zero attached hydrogens (tertiary/aromatic N) is 2. The summed E-state index contributed by atoms with van der Waals surface area (Å²) in [7, 11) is 0. The molecule has 21 heavy (non-hydrogen) atoms. The average Bonchev–Trinajstić information content (AvgIpc) is 2.90. The molecule has 2 saturated heterocycles. The van der Waals surface area contributed by atoms with Gasteiger partial charge in [-0.05, 0) is 43.6 Å². The highest BCUT2D eigenvalue weighted by atomic mass is 16.3. The standard InChI is InChI=1S/C17H24N2O2/c20-13-15-10-17(21)19(12-15)16-6-4-14(5-7-16)11-18-8-2-1-3-9-18/h4-7,15,20H,1-3,8-13H2. The lowest BCUT2D eigenvalue weighted by molar-refractivity contribution is -0.117. The molecule has 1 unspecified atom stereocenters. The van der Waals surface area contributed by atoms with Gasteiger partial charge in [-0.25, -0.2) is 0 Å². The van der Waals surface area contributed by atoms with Crippen molar-refractivity contribution in [2.45, 2.75) is 32.2 Å². The summed E-state index contributed by atoms with van der Waals surface area (Å²) in [6.45, 7) is 4.14. The molecule has 2 fully saturated rings. The molecule has 1 atom stereocenters. The number of aliphatic hydroxyl groups is 1. The van der Waals surface area contributed by atoms with Gasteiger partial charge >= 0.3 is 0 Å². The summed E-state index contributed by atoms with van der Waals surface area (Å²) in [5.41, 5.74) is 2.27. The van der Waals surface area contributed by atoms with Crippen molar-refractivity contribution in [2.75, 3.05) is 31.1 Å². The van der Waals surface area contributed by atoms with Gasteiger partial charge < -0.3 is 10.0 Å². The predicted octanol–water partition coefficient (Wildman–Crippen LogP) is 2.02. The Labute approximate surface area is 126 Å². The summed E-state index contributed by atoms with van der Waals surface area (Å²) in [5.74, 6) is 0.211. The zero-order chi connectivity index (χ0) is 14.7. The molecular weight excluding hydrogens is 264 g/mol. The number of rotatable bonds is 4. The molecule has 0 saturated carbocycles. The van der Waals surface area contributed by atoms with Crippen LogP contribution in [0.2, 0.25) is 0 Å². The molecule has 1 N–H and O–H groups in total. The highest BCUT2D eigenvalue weighted by molar-refractivity contribution is 5.95. The number of benzene rings is 1. The molecule has 1 amide bonds. The fourth-order valence-electron chi connectivity index (χ4n) is 3.31. The van der Waals surface area contributed by atoms with Crippen LogP contribution in [0, 0.1) is 5.92 Å². The average molecular weight is 288 g/mol. The number of amides is 1. The van der Waals surface area contributed by atoms with Gasteiger partial charge in [0.25, 0.3) is 0 Å². The first-order valence-electron chi connectivity index (χ1n) is 7.99. The summed E-state index contributed by atoms with van der Waals surface area (Å²) < 4.78 is 0. The number of likely N-dealkylation sites (tertiary alicyclic amines) is 1. The number of hydrogen-bond acceptors (Lipinski definition) is 3. The van der Waals surface area contributed by atoms with E-state index in [1.165, 1.54) is 37.9 Å². The van der Waals surface area contributed by atoms with Crippen LogP contribution >= 0.6 is 0 Å². The van der Waals surface area contributed by atoms with Crippen LogP contribution in [-0.4, -0.2) is 42.2 Å². The lowest BCUT2D eigenvalue weighted by atomic mass is 10.1. The summed E-state index contributed by atoms with van der Waals surface area (Å²) in [6, 6.07) is 8.33. The van der Waals surface area contributed by atoms with Gasteiger partial charge in [0.05, 0.1) is 0 Å². The van der Waals surface area contributed by atoms with E-state index in [0.29, 0.717) is 13.0 Å². The zero-order valence-corrected chi connectivity index (χ0v) is 12.5. The van der Waals surface area contributed by atoms with E-state index < -0.39 is 0 Å². The van der Waals surface area contributed by atoms with Crippen LogP contribution in [0.15, 0.2) is 24.3 Å². The normalized spacial score (nSPS) is 23.8. The van der Waals surface area contributed by atoms with Crippen LogP contribution in [-0.2, 0) is 11.3 Å². The third-order valence-corrected chi connectivity index (χ3v) is 4.57. The summed E-state index contributed by atoms with van der Waals surface area (Å²) in [5, 5.41) is 9.19. The Hall–Kier alpha value is -1.39. The van der Waals surface area contributed by atoms with Gasteiger partial charge in [-0.1, -0.05) is 18.6 Å². The molecule has 0 aliphatic carbocycles. The Balaban J connectivity index is 1.62. The van der Waals surface area contributed by atoms with Crippen LogP contribution in [0.5, 0.6) is 0 Å². The van der Waals surface area contributed by atoms with Crippen molar-refractivity contribution >= 4 is 11.6 Å². The monoisotopic (exact) mass is 288 g/mol. The van der Waals surface area contributed by atoms with Crippen LogP contribution in [0.25, 0.3) is 0 Å². The number of aliphatic hydroxyl groups excluding tert-OH is 1. The molecule has 1 aromatic carbocycles. The van der Waals surface area contributed by atoms with E-state index in [9.17, 15) is 9.90 Å². The molecule has 2 aliphatic heterocycles. The third-order valence-electron chi connectivity index (χ3n) is 4.57. The molecule has 0 spiro atoms. The number of piperidine rings is 1. The topological polar surface area (TPSA) is 43.8 Å². The molecule has 0 radical (unpaired) electrons. The Morgan fingerprint density at radius 2 is 1.81 bits per heavy atom. The molecule has 4 heteroatoms. The van der Waals surface area contributed by atoms with Crippen LogP contribution in [0.3, 0.4) is 0 Å². The predicted molar refractivity (Wildman–Crippen MR) is 83.1 cm³/mol. The minimum atomic E-state index is 0.0885. The second-order valence-electron chi connectivity index (χ2n) is 6.26. The van der Waals surface area contributed by atoms with Gasteiger partial charge in [0, 0.05) is 37.7 Å². The molecule has 3 rings (SSSR count). The van der Waals surface area contributed by atoms with Crippen molar-refractivity contribution in [1.29, 1.82) is 0 Å². The van der Waals surface area contributed by atoms with Gasteiger partial charge in [0.2, 0.25) is 5.91 Å². The van der Waals surface area contributed by atoms with Crippen molar-refractivity contribution in [1.82, 2.24) is 4.90 Å². The maximum absolute atomic E-state index is 12.0. The zero-order valence-electron chi connectivity index (χ0n) is 12.5. The molecule has 2 heterocycles. The summed E-state index contributed by atoms with van der Waals surface area (Å²) in [4.78, 5) is 16.3. The Bertz CT molecular complexity index is 480. The largest absolute Gasteiger partial charge is 0.396 e. The molecule has 0 aromatic heterocycles. The fourth-order valence-corrected chi connectivity index (χ4v) is 3.31. The van der Waals surface area contributed by atoms with Gasteiger partial charge in [-0.3, -0.25) is 9.69 Å². The van der Waals surface area contributed by atoms with E-state index >= 15 is 0 Å². The molecule has 2 aliphatic rings. The first-order valence-corrected chi connectivity index (χ1v) is 7.99. The highest BCUT2D eigenvalue weighted by Gasteiger charge is 2.29. The molecule has 0 bridgehead atoms. The molecule has 114 valence electrons. The quantitative estimate of drug-likeness (QED) is 0.922. The first kappa shape index (κ1) is 14.5. The number of hydrogen-bond donors (Lipinski definition) is 1. The van der Waals surface area contributed by atoms with Crippen LogP contribution < -0.4 is 4.90 Å². The second-order valence-corrected chi connectivity index (χ2v) is 6.26. The maximum atomic E-state index is 12.0. The van der Waals surface area contributed by atoms with Crippen molar-refractivity contribution in [3.8, 4) is 0 Å². The minimum Gasteiger partial charge on any atom is -0.396 e. The van der Waals surface area contributed by atoms with Crippen molar-refractivity contribution in [3.05, 3.63) is 29.8 Å². The van der Waals surface area contributed by atoms with Gasteiger partial charge in [0.15, 0.2) is 0 Å². The molecular formula is C17H24N2O2. The number of carbonyl (C=O) groups excluding carboxylic acids is 1. The number of anilines is 1. The molecule has 1 aromatic rings. The first-order chi connectivity index (χ1) is 10.3. The van der Waals surface area contributed by atoms with Crippen LogP contribution in [0.1, 0.15) is 31.2 Å². The smallest absolute Gasteiger partial charge is 0.227 e. The highest BCUT2D eigenvalue weighted by Crippen LogP contribution is 2.25. The van der Waals surface area contributed by atoms with E-state index in [1.807, 2.05) is 12.1 Å². The summed E-state index contributed by atoms with van der Waals surface area (Å²) >= 11 is 0. The van der Waals surface area contributed by atoms with Gasteiger partial charge in [-0.2, -0.15) is 0 Å². The molecule has 4 nitrogen and oxygen atoms in total. The van der Waals surface area contributed by atoms with Crippen LogP contribution in [0.4, 0.5) is 5.69 Å². The summed E-state index contributed by atoms with van der Waals surface area (Å²) in [6.07, 6.45) is 4.44. The lowest BCUT2D eigenvalue weighted by Gasteiger charge is -2.26. The SMILES string of the molecule is O=C1CC(CO)CN1c1ccc(CN2CCCCC2)cc1. The van der Waals surface area contributed by atoms with E-state index in [-0.39, 0.29) is 18.4 Å². The Kier molecular flexibility index (Phi) is 4.56. The van der Waals surface area contributed by atoms with Crippen molar-refractivity contribution in [3.63, 3.8) is 0 Å². The van der Waals surface area contributed by atoms with Crippen molar-refractivity contribution < 1.29 is 9.90 Å². The Morgan fingerprint density at radius 1 is 1.10 bits per heavy atom. The second kappa shape index (κ2) is 6.58. The maximum Gasteiger partial charge on any atom is 0.227 e. The van der Waals surface area contributed by atoms with Gasteiger partial charge in [0.1, 0.15) is 0 Å². The van der Waals surface area contributed by atoms with E-state index in [4.69, 9.17) is 0 Å². The third kappa shape index (κ3) is 3.44. The van der Waals surface area contributed by atoms with E-state index in [0.717, 1.165) is 12.2 Å². The van der Waals surface area contributed by atoms with Gasteiger partial charge in [-0.15, -0.1) is 0 Å². The van der Waals surface area contributed by atoms with E-state index in [2.05, 4.69) is 17.0 Å². The fraction of sp³-hybridized carbons (Fsp3) is 0.588. The van der Waals surface area contributed by atoms with E-state index in [1.54, 1.807) is 4.90 Å². The minimum absolute atomic E-state index is 0.0885. The Morgan fingerprint density at radius 3 is 2.43 bits per heavy atom. The van der Waals surface area contributed by atoms with Crippen molar-refractivity contribution in [2.24, 2.45) is 5.92 Å².